The van der Waals surface area contributed by atoms with Gasteiger partial charge in [0.05, 0.1) is 11.4 Å². The summed E-state index contributed by atoms with van der Waals surface area (Å²) in [5.74, 6) is 1.34. The summed E-state index contributed by atoms with van der Waals surface area (Å²) >= 11 is 0.790. The Morgan fingerprint density at radius 3 is 2.66 bits per heavy atom. The fourth-order valence-corrected chi connectivity index (χ4v) is 3.30. The van der Waals surface area contributed by atoms with Gasteiger partial charge in [-0.1, -0.05) is 24.1 Å². The highest BCUT2D eigenvalue weighted by atomic mass is 32.2. The second-order valence-corrected chi connectivity index (χ2v) is 6.85. The van der Waals surface area contributed by atoms with Crippen LogP contribution in [0.25, 0.3) is 6.08 Å². The van der Waals surface area contributed by atoms with Gasteiger partial charge in [0, 0.05) is 11.3 Å². The summed E-state index contributed by atoms with van der Waals surface area (Å²) in [4.78, 5) is 37.5. The van der Waals surface area contributed by atoms with Crippen molar-refractivity contribution in [2.75, 3.05) is 18.5 Å². The Morgan fingerprint density at radius 2 is 1.93 bits per heavy atom. The van der Waals surface area contributed by atoms with Crippen LogP contribution in [-0.2, 0) is 9.59 Å². The first-order valence-electron chi connectivity index (χ1n) is 8.44. The van der Waals surface area contributed by atoms with Crippen molar-refractivity contribution in [3.05, 3.63) is 64.8 Å². The fourth-order valence-electron chi connectivity index (χ4n) is 2.47. The predicted molar refractivity (Wildman–Crippen MR) is 108 cm³/mol. The summed E-state index contributed by atoms with van der Waals surface area (Å²) in [5.41, 5.74) is 0.976. The van der Waals surface area contributed by atoms with E-state index in [4.69, 9.17) is 11.2 Å². The number of para-hydroxylation sites is 1. The van der Waals surface area contributed by atoms with E-state index in [0.717, 1.165) is 16.7 Å². The first-order valence-corrected chi connectivity index (χ1v) is 9.25. The Hall–Kier alpha value is -3.57. The molecule has 3 rings (SSSR count). The zero-order valence-electron chi connectivity index (χ0n) is 15.1. The third kappa shape index (κ3) is 5.03. The van der Waals surface area contributed by atoms with Crippen LogP contribution in [0.2, 0.25) is 0 Å². The molecule has 1 fully saturated rings. The minimum atomic E-state index is -0.471. The number of carbonyl (C=O) groups is 3. The number of nitrogens with zero attached hydrogens (tertiary/aromatic N) is 1. The van der Waals surface area contributed by atoms with Crippen molar-refractivity contribution in [1.82, 2.24) is 4.90 Å². The van der Waals surface area contributed by atoms with Gasteiger partial charge in [0.25, 0.3) is 17.1 Å². The summed E-state index contributed by atoms with van der Waals surface area (Å²) in [7, 11) is 0. The smallest absolute Gasteiger partial charge is 0.294 e. The van der Waals surface area contributed by atoms with Gasteiger partial charge in [0.15, 0.2) is 6.61 Å². The Bertz CT molecular complexity index is 1030. The van der Waals surface area contributed by atoms with Crippen LogP contribution in [-0.4, -0.2) is 35.1 Å². The molecule has 1 heterocycles. The molecule has 2 aromatic rings. The van der Waals surface area contributed by atoms with Gasteiger partial charge >= 0.3 is 0 Å². The van der Waals surface area contributed by atoms with Gasteiger partial charge in [-0.15, -0.1) is 6.42 Å². The van der Waals surface area contributed by atoms with Gasteiger partial charge in [-0.05, 0) is 48.2 Å². The van der Waals surface area contributed by atoms with E-state index in [0.29, 0.717) is 17.0 Å². The van der Waals surface area contributed by atoms with Crippen LogP contribution < -0.4 is 10.1 Å². The lowest BCUT2D eigenvalue weighted by molar-refractivity contribution is -0.122. The lowest BCUT2D eigenvalue weighted by Gasteiger charge is -2.10. The number of amides is 3. The lowest BCUT2D eigenvalue weighted by Crippen LogP contribution is -2.28. The average Bonchev–Trinajstić information content (AvgIpc) is 2.97. The molecule has 146 valence electrons. The molecule has 1 aliphatic heterocycles. The van der Waals surface area contributed by atoms with Crippen molar-refractivity contribution in [3.63, 3.8) is 0 Å². The molecule has 0 spiro atoms. The van der Waals surface area contributed by atoms with Gasteiger partial charge in [-0.2, -0.15) is 0 Å². The van der Waals surface area contributed by atoms with Gasteiger partial charge < -0.3 is 10.1 Å². The maximum atomic E-state index is 12.9. The second-order valence-electron chi connectivity index (χ2n) is 5.85. The third-order valence-corrected chi connectivity index (χ3v) is 4.72. The van der Waals surface area contributed by atoms with Crippen LogP contribution in [0.1, 0.15) is 5.56 Å². The van der Waals surface area contributed by atoms with Crippen LogP contribution in [0, 0.1) is 18.2 Å². The molecule has 0 saturated carbocycles. The van der Waals surface area contributed by atoms with Crippen LogP contribution in [0.3, 0.4) is 0 Å². The molecule has 1 N–H and O–H groups in total. The maximum Gasteiger partial charge on any atom is 0.294 e. The van der Waals surface area contributed by atoms with Crippen molar-refractivity contribution in [2.24, 2.45) is 0 Å². The van der Waals surface area contributed by atoms with E-state index < -0.39 is 22.9 Å². The molecule has 3 amide bonds. The molecule has 29 heavy (non-hydrogen) atoms. The molecule has 0 unspecified atom stereocenters. The number of nitrogens with one attached hydrogen (secondary N) is 1. The number of anilines is 1. The molecule has 0 aliphatic carbocycles. The molecule has 2 aromatic carbocycles. The SMILES string of the molecule is C#CCN1C(=O)S/C(=C/c2ccccc2OCC(=O)Nc2ccc(F)cc2)C1=O. The van der Waals surface area contributed by atoms with E-state index in [1.807, 2.05) is 0 Å². The molecule has 6 nitrogen and oxygen atoms in total. The van der Waals surface area contributed by atoms with E-state index in [-0.39, 0.29) is 18.1 Å². The summed E-state index contributed by atoms with van der Waals surface area (Å²) in [6, 6.07) is 12.1. The van der Waals surface area contributed by atoms with E-state index in [2.05, 4.69) is 11.2 Å². The number of hydrogen-bond acceptors (Lipinski definition) is 5. The number of benzene rings is 2. The average molecular weight is 410 g/mol. The number of hydrogen-bond donors (Lipinski definition) is 1. The second kappa shape index (κ2) is 9.08. The molecule has 1 aliphatic rings. The summed E-state index contributed by atoms with van der Waals surface area (Å²) in [5, 5.41) is 2.16. The number of halogens is 1. The van der Waals surface area contributed by atoms with Crippen LogP contribution in [0.15, 0.2) is 53.4 Å². The number of rotatable bonds is 6. The predicted octanol–water partition coefficient (Wildman–Crippen LogP) is 3.51. The maximum absolute atomic E-state index is 12.9. The van der Waals surface area contributed by atoms with Crippen molar-refractivity contribution in [3.8, 4) is 18.1 Å². The Balaban J connectivity index is 1.69. The van der Waals surface area contributed by atoms with E-state index in [1.54, 1.807) is 24.3 Å². The minimum Gasteiger partial charge on any atom is -0.483 e. The summed E-state index contributed by atoms with van der Waals surface area (Å²) in [6.07, 6.45) is 6.71. The van der Waals surface area contributed by atoms with Crippen molar-refractivity contribution >= 4 is 40.6 Å². The molecule has 0 aromatic heterocycles. The Morgan fingerprint density at radius 1 is 1.21 bits per heavy atom. The first kappa shape index (κ1) is 20.2. The molecular formula is C21H15FN2O4S. The van der Waals surface area contributed by atoms with Crippen LogP contribution in [0.4, 0.5) is 14.9 Å². The first-order chi connectivity index (χ1) is 14.0. The largest absolute Gasteiger partial charge is 0.483 e. The topological polar surface area (TPSA) is 75.7 Å². The molecule has 0 radical (unpaired) electrons. The lowest BCUT2D eigenvalue weighted by atomic mass is 10.2. The standard InChI is InChI=1S/C21H15FN2O4S/c1-2-11-24-20(26)18(29-21(24)27)12-14-5-3-4-6-17(14)28-13-19(25)23-16-9-7-15(22)8-10-16/h1,3-10,12H,11,13H2,(H,23,25)/b18-12+. The van der Waals surface area contributed by atoms with Crippen LogP contribution >= 0.6 is 11.8 Å². The molecule has 0 bridgehead atoms. The molecule has 0 atom stereocenters. The van der Waals surface area contributed by atoms with Crippen molar-refractivity contribution in [2.45, 2.75) is 0 Å². The fraction of sp³-hybridized carbons (Fsp3) is 0.0952. The summed E-state index contributed by atoms with van der Waals surface area (Å²) < 4.78 is 18.5. The van der Waals surface area contributed by atoms with Crippen LogP contribution in [0.5, 0.6) is 5.75 Å². The van der Waals surface area contributed by atoms with E-state index in [1.165, 1.54) is 30.3 Å². The number of terminal acetylenes is 1. The Kier molecular flexibility index (Phi) is 6.32. The zero-order valence-corrected chi connectivity index (χ0v) is 15.9. The minimum absolute atomic E-state index is 0.0935. The van der Waals surface area contributed by atoms with E-state index >= 15 is 0 Å². The van der Waals surface area contributed by atoms with Gasteiger partial charge in [0.2, 0.25) is 0 Å². The Labute approximate surface area is 170 Å². The van der Waals surface area contributed by atoms with E-state index in [9.17, 15) is 18.8 Å². The molecule has 1 saturated heterocycles. The molecule has 8 heteroatoms. The highest BCUT2D eigenvalue weighted by Gasteiger charge is 2.34. The highest BCUT2D eigenvalue weighted by molar-refractivity contribution is 8.18. The van der Waals surface area contributed by atoms with Crippen molar-refractivity contribution < 1.29 is 23.5 Å². The summed E-state index contributed by atoms with van der Waals surface area (Å²) in [6.45, 7) is -0.384. The highest BCUT2D eigenvalue weighted by Crippen LogP contribution is 2.33. The number of imide groups is 1. The van der Waals surface area contributed by atoms with Crippen molar-refractivity contribution in [1.29, 1.82) is 0 Å². The monoisotopic (exact) mass is 410 g/mol. The quantitative estimate of drug-likeness (QED) is 0.583. The molecular weight excluding hydrogens is 395 g/mol. The normalized spacial score (nSPS) is 14.8. The number of thioether (sulfide) groups is 1. The van der Waals surface area contributed by atoms with Gasteiger partial charge in [-0.3, -0.25) is 19.3 Å². The number of carbonyl (C=O) groups excluding carboxylic acids is 3. The van der Waals surface area contributed by atoms with Gasteiger partial charge in [0.1, 0.15) is 11.6 Å². The van der Waals surface area contributed by atoms with Gasteiger partial charge in [-0.25, -0.2) is 4.39 Å². The zero-order chi connectivity index (χ0) is 20.8. The number of ether oxygens (including phenoxy) is 1. The third-order valence-electron chi connectivity index (χ3n) is 3.82.